The zero-order valence-corrected chi connectivity index (χ0v) is 17.5. The summed E-state index contributed by atoms with van der Waals surface area (Å²) in [5.41, 5.74) is 2.33. The summed E-state index contributed by atoms with van der Waals surface area (Å²) in [5.74, 6) is 1.75. The highest BCUT2D eigenvalue weighted by Gasteiger charge is 2.18. The predicted octanol–water partition coefficient (Wildman–Crippen LogP) is 2.56. The summed E-state index contributed by atoms with van der Waals surface area (Å²) in [6.07, 6.45) is 1.10. The quantitative estimate of drug-likeness (QED) is 0.512. The van der Waals surface area contributed by atoms with Crippen LogP contribution in [0, 0.1) is 6.92 Å². The van der Waals surface area contributed by atoms with Crippen molar-refractivity contribution in [1.29, 1.82) is 0 Å². The largest absolute Gasteiger partial charge is 0.488 e. The van der Waals surface area contributed by atoms with E-state index < -0.39 is 0 Å². The molecule has 1 atom stereocenters. The van der Waals surface area contributed by atoms with Crippen LogP contribution in [0.3, 0.4) is 0 Å². The number of nitrogens with one attached hydrogen (secondary N) is 2. The van der Waals surface area contributed by atoms with E-state index in [-0.39, 0.29) is 6.10 Å². The van der Waals surface area contributed by atoms with Crippen LogP contribution in [0.5, 0.6) is 5.75 Å². The highest BCUT2D eigenvalue weighted by atomic mass is 16.5. The molecule has 1 fully saturated rings. The highest BCUT2D eigenvalue weighted by molar-refractivity contribution is 5.79. The third-order valence-corrected chi connectivity index (χ3v) is 4.90. The maximum absolute atomic E-state index is 6.17. The first-order chi connectivity index (χ1) is 13.0. The minimum absolute atomic E-state index is 0.152. The molecule has 152 valence electrons. The van der Waals surface area contributed by atoms with Gasteiger partial charge in [-0.2, -0.15) is 0 Å². The molecule has 0 spiro atoms. The van der Waals surface area contributed by atoms with Gasteiger partial charge in [0.15, 0.2) is 5.96 Å². The number of hydrogen-bond donors (Lipinski definition) is 2. The number of ether oxygens (including phenoxy) is 2. The number of aryl methyl sites for hydroxylation is 1. The molecule has 0 radical (unpaired) electrons. The average Bonchev–Trinajstić information content (AvgIpc) is 3.15. The highest BCUT2D eigenvalue weighted by Crippen LogP contribution is 2.23. The van der Waals surface area contributed by atoms with Gasteiger partial charge in [-0.25, -0.2) is 0 Å². The lowest BCUT2D eigenvalue weighted by Gasteiger charge is -2.25. The van der Waals surface area contributed by atoms with Gasteiger partial charge in [0.2, 0.25) is 0 Å². The molecule has 0 bridgehead atoms. The molecule has 0 aliphatic carbocycles. The van der Waals surface area contributed by atoms with Crippen LogP contribution in [-0.4, -0.2) is 62.9 Å². The fourth-order valence-electron chi connectivity index (χ4n) is 3.20. The van der Waals surface area contributed by atoms with Crippen molar-refractivity contribution in [1.82, 2.24) is 15.5 Å². The molecule has 1 aromatic rings. The molecule has 2 N–H and O–H groups in total. The third-order valence-electron chi connectivity index (χ3n) is 4.90. The first-order valence-corrected chi connectivity index (χ1v) is 10.1. The molecule has 1 saturated heterocycles. The van der Waals surface area contributed by atoms with E-state index in [1.807, 2.05) is 0 Å². The van der Waals surface area contributed by atoms with Crippen LogP contribution in [0.2, 0.25) is 0 Å². The van der Waals surface area contributed by atoms with E-state index >= 15 is 0 Å². The van der Waals surface area contributed by atoms with Crippen LogP contribution in [0.25, 0.3) is 0 Å². The third kappa shape index (κ3) is 7.03. The molecule has 27 heavy (non-hydrogen) atoms. The smallest absolute Gasteiger partial charge is 0.191 e. The van der Waals surface area contributed by atoms with E-state index in [0.29, 0.717) is 19.2 Å². The lowest BCUT2D eigenvalue weighted by molar-refractivity contribution is 0.140. The summed E-state index contributed by atoms with van der Waals surface area (Å²) in [5, 5.41) is 6.80. The molecule has 1 heterocycles. The van der Waals surface area contributed by atoms with E-state index in [1.54, 1.807) is 7.05 Å². The molecule has 1 aromatic carbocycles. The summed E-state index contributed by atoms with van der Waals surface area (Å²) in [6, 6.07) is 6.90. The fourth-order valence-corrected chi connectivity index (χ4v) is 3.20. The number of aliphatic imine (C=N–C) groups is 1. The van der Waals surface area contributed by atoms with Gasteiger partial charge in [0.1, 0.15) is 11.9 Å². The maximum Gasteiger partial charge on any atom is 0.191 e. The summed E-state index contributed by atoms with van der Waals surface area (Å²) in [4.78, 5) is 6.76. The first-order valence-electron chi connectivity index (χ1n) is 10.1. The fraction of sp³-hybridized carbons (Fsp3) is 0.667. The first kappa shape index (κ1) is 21.5. The minimum atomic E-state index is 0.152. The number of nitrogens with zero attached hydrogens (tertiary/aromatic N) is 2. The van der Waals surface area contributed by atoms with Crippen molar-refractivity contribution >= 4 is 5.96 Å². The normalized spacial score (nSPS) is 17.6. The van der Waals surface area contributed by atoms with Crippen LogP contribution in [0.1, 0.15) is 38.3 Å². The van der Waals surface area contributed by atoms with Crippen molar-refractivity contribution in [2.24, 2.45) is 4.99 Å². The Hall–Kier alpha value is -1.79. The number of hydrogen-bond acceptors (Lipinski definition) is 4. The van der Waals surface area contributed by atoms with Gasteiger partial charge in [-0.1, -0.05) is 19.1 Å². The Morgan fingerprint density at radius 3 is 2.81 bits per heavy atom. The predicted molar refractivity (Wildman–Crippen MR) is 112 cm³/mol. The zero-order chi connectivity index (χ0) is 19.6. The van der Waals surface area contributed by atoms with E-state index in [9.17, 15) is 0 Å². The van der Waals surface area contributed by atoms with Gasteiger partial charge in [-0.05, 0) is 38.9 Å². The van der Waals surface area contributed by atoms with Gasteiger partial charge in [0.05, 0.1) is 13.2 Å². The number of benzene rings is 1. The van der Waals surface area contributed by atoms with E-state index in [1.165, 1.54) is 5.56 Å². The van der Waals surface area contributed by atoms with Crippen molar-refractivity contribution < 1.29 is 9.47 Å². The van der Waals surface area contributed by atoms with Gasteiger partial charge in [0.25, 0.3) is 0 Å². The van der Waals surface area contributed by atoms with Gasteiger partial charge >= 0.3 is 0 Å². The second-order valence-corrected chi connectivity index (χ2v) is 7.29. The van der Waals surface area contributed by atoms with Crippen molar-refractivity contribution in [3.63, 3.8) is 0 Å². The van der Waals surface area contributed by atoms with Gasteiger partial charge < -0.3 is 20.1 Å². The van der Waals surface area contributed by atoms with Crippen molar-refractivity contribution in [3.8, 4) is 5.75 Å². The topological polar surface area (TPSA) is 58.1 Å². The lowest BCUT2D eigenvalue weighted by atomic mass is 10.1. The summed E-state index contributed by atoms with van der Waals surface area (Å²) < 4.78 is 11.6. The summed E-state index contributed by atoms with van der Waals surface area (Å²) in [6.45, 7) is 13.8. The van der Waals surface area contributed by atoms with Crippen LogP contribution < -0.4 is 15.4 Å². The van der Waals surface area contributed by atoms with Crippen molar-refractivity contribution in [2.75, 3.05) is 39.9 Å². The van der Waals surface area contributed by atoms with Crippen LogP contribution >= 0.6 is 0 Å². The Bertz CT molecular complexity index is 598. The van der Waals surface area contributed by atoms with E-state index in [4.69, 9.17) is 9.47 Å². The number of guanidine groups is 1. The van der Waals surface area contributed by atoms with Gasteiger partial charge in [-0.15, -0.1) is 0 Å². The molecule has 6 heteroatoms. The Balaban J connectivity index is 1.88. The number of likely N-dealkylation sites (N-methyl/N-ethyl adjacent to an activating group) is 1. The van der Waals surface area contributed by atoms with Crippen LogP contribution in [-0.2, 0) is 11.3 Å². The molecular weight excluding hydrogens is 340 g/mol. The molecule has 6 nitrogen and oxygen atoms in total. The molecule has 0 aromatic heterocycles. The Morgan fingerprint density at radius 1 is 1.37 bits per heavy atom. The summed E-state index contributed by atoms with van der Waals surface area (Å²) in [7, 11) is 1.80. The monoisotopic (exact) mass is 376 g/mol. The van der Waals surface area contributed by atoms with Crippen molar-refractivity contribution in [3.05, 3.63) is 29.3 Å². The average molecular weight is 377 g/mol. The van der Waals surface area contributed by atoms with E-state index in [0.717, 1.165) is 49.9 Å². The van der Waals surface area contributed by atoms with Gasteiger partial charge in [-0.3, -0.25) is 9.89 Å². The van der Waals surface area contributed by atoms with Gasteiger partial charge in [0, 0.05) is 44.7 Å². The second kappa shape index (κ2) is 11.1. The molecule has 1 unspecified atom stereocenters. The lowest BCUT2D eigenvalue weighted by Crippen LogP contribution is -2.42. The van der Waals surface area contributed by atoms with Crippen molar-refractivity contribution in [2.45, 2.75) is 52.8 Å². The summed E-state index contributed by atoms with van der Waals surface area (Å²) >= 11 is 0. The standard InChI is InChI=1S/C21H36N4O2/c1-6-25(16(2)3)11-10-23-21(22-5)24-14-18-8-7-17(4)13-20(18)27-19-9-12-26-15-19/h7-8,13,16,19H,6,9-12,14-15H2,1-5H3,(H2,22,23,24). The Kier molecular flexibility index (Phi) is 8.88. The van der Waals surface area contributed by atoms with Crippen LogP contribution in [0.15, 0.2) is 23.2 Å². The molecule has 2 rings (SSSR count). The van der Waals surface area contributed by atoms with E-state index in [2.05, 4.69) is 66.4 Å². The molecule has 0 amide bonds. The molecule has 1 aliphatic rings. The number of rotatable bonds is 9. The molecular formula is C21H36N4O2. The maximum atomic E-state index is 6.17. The van der Waals surface area contributed by atoms with Crippen LogP contribution in [0.4, 0.5) is 0 Å². The minimum Gasteiger partial charge on any atom is -0.488 e. The SMILES string of the molecule is CCN(CCNC(=NC)NCc1ccc(C)cc1OC1CCOC1)C(C)C. The second-order valence-electron chi connectivity index (χ2n) is 7.29. The molecule has 0 saturated carbocycles. The Morgan fingerprint density at radius 2 is 2.19 bits per heavy atom. The molecule has 1 aliphatic heterocycles. The zero-order valence-electron chi connectivity index (χ0n) is 17.5. The Labute approximate surface area is 164 Å².